The molecule has 3 saturated heterocycles. The number of carbonyl (C=O) groups excluding carboxylic acids is 1. The summed E-state index contributed by atoms with van der Waals surface area (Å²) in [5.74, 6) is 0. The van der Waals surface area contributed by atoms with Crippen molar-refractivity contribution < 1.29 is 4.79 Å². The zero-order valence-corrected chi connectivity index (χ0v) is 6.70. The molecule has 0 amide bonds. The average Bonchev–Trinajstić information content (AvgIpc) is 2.37. The van der Waals surface area contributed by atoms with Crippen molar-refractivity contribution in [3.63, 3.8) is 0 Å². The van der Waals surface area contributed by atoms with Gasteiger partial charge in [0, 0.05) is 26.2 Å². The topological polar surface area (TPSA) is 23.6 Å². The maximum absolute atomic E-state index is 10.6. The lowest BCUT2D eigenvalue weighted by molar-refractivity contribution is -0.113. The molecule has 0 aromatic rings. The van der Waals surface area contributed by atoms with Crippen LogP contribution >= 0.6 is 0 Å². The third-order valence-electron chi connectivity index (χ3n) is 2.69. The Bertz CT molecular complexity index is 156. The Morgan fingerprint density at radius 2 is 2.09 bits per heavy atom. The number of carbonyl (C=O) groups is 1. The van der Waals surface area contributed by atoms with Crippen molar-refractivity contribution >= 4 is 6.29 Å². The Morgan fingerprint density at radius 3 is 2.91 bits per heavy atom. The summed E-state index contributed by atoms with van der Waals surface area (Å²) in [5.41, 5.74) is 0. The number of hydrogen-bond acceptors (Lipinski definition) is 3. The van der Waals surface area contributed by atoms with Gasteiger partial charge in [0.2, 0.25) is 0 Å². The first kappa shape index (κ1) is 7.25. The smallest absolute Gasteiger partial charge is 0.138 e. The summed E-state index contributed by atoms with van der Waals surface area (Å²) in [4.78, 5) is 15.3. The van der Waals surface area contributed by atoms with Crippen molar-refractivity contribution in [2.24, 2.45) is 0 Å². The van der Waals surface area contributed by atoms with Crippen LogP contribution in [0.25, 0.3) is 0 Å². The van der Waals surface area contributed by atoms with Gasteiger partial charge in [-0.1, -0.05) is 0 Å². The molecule has 3 atom stereocenters. The molecule has 0 radical (unpaired) electrons. The second-order valence-corrected chi connectivity index (χ2v) is 3.39. The molecule has 3 aliphatic heterocycles. The molecule has 11 heavy (non-hydrogen) atoms. The summed E-state index contributed by atoms with van der Waals surface area (Å²) in [7, 11) is 0. The minimum absolute atomic E-state index is 0.186. The van der Waals surface area contributed by atoms with Crippen LogP contribution in [-0.2, 0) is 4.79 Å². The molecule has 0 saturated carbocycles. The van der Waals surface area contributed by atoms with Crippen LogP contribution in [0.1, 0.15) is 6.42 Å². The van der Waals surface area contributed by atoms with Gasteiger partial charge in [0.05, 0.1) is 6.04 Å². The van der Waals surface area contributed by atoms with Gasteiger partial charge in [-0.15, -0.1) is 0 Å². The average molecular weight is 154 g/mol. The lowest BCUT2D eigenvalue weighted by Crippen LogP contribution is -2.50. The molecule has 3 heteroatoms. The van der Waals surface area contributed by atoms with Gasteiger partial charge >= 0.3 is 0 Å². The molecule has 0 N–H and O–H groups in total. The van der Waals surface area contributed by atoms with E-state index in [1.165, 1.54) is 13.0 Å². The molecule has 3 nitrogen and oxygen atoms in total. The minimum Gasteiger partial charge on any atom is -0.302 e. The van der Waals surface area contributed by atoms with E-state index in [0.29, 0.717) is 0 Å². The largest absolute Gasteiger partial charge is 0.302 e. The molecule has 3 fully saturated rings. The SMILES string of the molecule is O=CC1CN2CCCN1CC2. The van der Waals surface area contributed by atoms with Crippen molar-refractivity contribution in [2.75, 3.05) is 32.7 Å². The number of hydrogen-bond donors (Lipinski definition) is 0. The number of aldehydes is 1. The second kappa shape index (κ2) is 2.91. The summed E-state index contributed by atoms with van der Waals surface area (Å²) in [6.07, 6.45) is 2.32. The number of rotatable bonds is 1. The van der Waals surface area contributed by atoms with Crippen LogP contribution in [-0.4, -0.2) is 54.9 Å². The van der Waals surface area contributed by atoms with Crippen molar-refractivity contribution in [3.8, 4) is 0 Å². The molecule has 0 aliphatic carbocycles. The highest BCUT2D eigenvalue weighted by atomic mass is 16.1. The molecule has 2 bridgehead atoms. The predicted octanol–water partition coefficient (Wildman–Crippen LogP) is -0.425. The third-order valence-corrected chi connectivity index (χ3v) is 2.69. The monoisotopic (exact) mass is 154 g/mol. The Hall–Kier alpha value is -0.410. The van der Waals surface area contributed by atoms with E-state index in [-0.39, 0.29) is 6.04 Å². The molecule has 0 aromatic heterocycles. The number of piperazine rings is 1. The van der Waals surface area contributed by atoms with E-state index in [2.05, 4.69) is 9.80 Å². The van der Waals surface area contributed by atoms with Crippen LogP contribution in [0.15, 0.2) is 0 Å². The highest BCUT2D eigenvalue weighted by Gasteiger charge is 2.28. The Kier molecular flexibility index (Phi) is 1.92. The van der Waals surface area contributed by atoms with Crippen LogP contribution in [0.5, 0.6) is 0 Å². The lowest BCUT2D eigenvalue weighted by Gasteiger charge is -2.34. The van der Waals surface area contributed by atoms with E-state index < -0.39 is 0 Å². The fraction of sp³-hybridized carbons (Fsp3) is 0.875. The Balaban J connectivity index is 2.09. The Labute approximate surface area is 67.0 Å². The van der Waals surface area contributed by atoms with Crippen molar-refractivity contribution in [2.45, 2.75) is 12.5 Å². The highest BCUT2D eigenvalue weighted by molar-refractivity contribution is 5.58. The summed E-state index contributed by atoms with van der Waals surface area (Å²) in [5, 5.41) is 0. The molecular formula is C8H14N2O. The van der Waals surface area contributed by atoms with E-state index in [4.69, 9.17) is 0 Å². The molecule has 3 rings (SSSR count). The van der Waals surface area contributed by atoms with E-state index in [0.717, 1.165) is 32.5 Å². The minimum atomic E-state index is 0.186. The van der Waals surface area contributed by atoms with Gasteiger partial charge in [-0.25, -0.2) is 0 Å². The fourth-order valence-corrected chi connectivity index (χ4v) is 2.01. The molecule has 3 unspecified atom stereocenters. The standard InChI is InChI=1S/C8H14N2O/c11-7-8-6-9-2-1-3-10(8)5-4-9/h7-8H,1-6H2. The predicted molar refractivity (Wildman–Crippen MR) is 42.5 cm³/mol. The van der Waals surface area contributed by atoms with Crippen LogP contribution in [0.4, 0.5) is 0 Å². The van der Waals surface area contributed by atoms with Crippen LogP contribution in [0.3, 0.4) is 0 Å². The Morgan fingerprint density at radius 1 is 1.18 bits per heavy atom. The maximum Gasteiger partial charge on any atom is 0.138 e. The third kappa shape index (κ3) is 1.30. The molecule has 0 spiro atoms. The van der Waals surface area contributed by atoms with Gasteiger partial charge in [0.1, 0.15) is 6.29 Å². The summed E-state index contributed by atoms with van der Waals surface area (Å²) in [6, 6.07) is 0.186. The number of nitrogens with zero attached hydrogens (tertiary/aromatic N) is 2. The summed E-state index contributed by atoms with van der Waals surface area (Å²) in [6.45, 7) is 5.50. The zero-order valence-electron chi connectivity index (χ0n) is 6.70. The fourth-order valence-electron chi connectivity index (χ4n) is 2.01. The second-order valence-electron chi connectivity index (χ2n) is 3.39. The summed E-state index contributed by atoms with van der Waals surface area (Å²) >= 11 is 0. The van der Waals surface area contributed by atoms with Gasteiger partial charge in [0.15, 0.2) is 0 Å². The molecule has 0 aromatic carbocycles. The van der Waals surface area contributed by atoms with Crippen molar-refractivity contribution in [3.05, 3.63) is 0 Å². The van der Waals surface area contributed by atoms with Gasteiger partial charge in [-0.05, 0) is 13.0 Å². The van der Waals surface area contributed by atoms with Gasteiger partial charge in [-0.3, -0.25) is 4.90 Å². The molecule has 62 valence electrons. The molecule has 3 aliphatic rings. The first-order chi connectivity index (χ1) is 5.40. The summed E-state index contributed by atoms with van der Waals surface area (Å²) < 4.78 is 0. The normalized spacial score (nSPS) is 43.5. The van der Waals surface area contributed by atoms with Crippen LogP contribution in [0, 0.1) is 0 Å². The van der Waals surface area contributed by atoms with Gasteiger partial charge in [-0.2, -0.15) is 0 Å². The lowest BCUT2D eigenvalue weighted by atomic mass is 10.2. The van der Waals surface area contributed by atoms with Crippen molar-refractivity contribution in [1.29, 1.82) is 0 Å². The maximum atomic E-state index is 10.6. The molecular weight excluding hydrogens is 140 g/mol. The van der Waals surface area contributed by atoms with E-state index in [1.54, 1.807) is 0 Å². The number of fused-ring (bicyclic) bond motifs is 4. The van der Waals surface area contributed by atoms with Crippen LogP contribution < -0.4 is 0 Å². The zero-order chi connectivity index (χ0) is 7.68. The molecule has 3 heterocycles. The first-order valence-corrected chi connectivity index (χ1v) is 4.32. The van der Waals surface area contributed by atoms with E-state index in [1.807, 2.05) is 0 Å². The van der Waals surface area contributed by atoms with Crippen LogP contribution in [0.2, 0.25) is 0 Å². The first-order valence-electron chi connectivity index (χ1n) is 4.32. The van der Waals surface area contributed by atoms with Gasteiger partial charge < -0.3 is 9.69 Å². The van der Waals surface area contributed by atoms with Gasteiger partial charge in [0.25, 0.3) is 0 Å². The quantitative estimate of drug-likeness (QED) is 0.479. The van der Waals surface area contributed by atoms with E-state index in [9.17, 15) is 4.79 Å². The van der Waals surface area contributed by atoms with E-state index >= 15 is 0 Å². The van der Waals surface area contributed by atoms with Crippen molar-refractivity contribution in [1.82, 2.24) is 9.80 Å². The highest BCUT2D eigenvalue weighted by Crippen LogP contribution is 2.13.